The zero-order valence-corrected chi connectivity index (χ0v) is 8.81. The molecule has 0 spiro atoms. The van der Waals surface area contributed by atoms with Gasteiger partial charge in [-0.1, -0.05) is 30.3 Å². The Labute approximate surface area is 84.6 Å². The van der Waals surface area contributed by atoms with Crippen molar-refractivity contribution in [2.45, 2.75) is 13.1 Å². The van der Waals surface area contributed by atoms with Crippen LogP contribution in [0, 0.1) is 0 Å². The normalized spacial score (nSPS) is 21.4. The largest absolute Gasteiger partial charge is 0.336 e. The molecule has 1 aliphatic rings. The molecule has 74 valence electrons. The predicted octanol–water partition coefficient (Wildman–Crippen LogP) is 1.90. The van der Waals surface area contributed by atoms with Crippen molar-refractivity contribution in [2.24, 2.45) is 5.10 Å². The Kier molecular flexibility index (Phi) is 2.15. The van der Waals surface area contributed by atoms with Gasteiger partial charge in [0.25, 0.3) is 0 Å². The van der Waals surface area contributed by atoms with Crippen LogP contribution in [0.4, 0.5) is 0 Å². The van der Waals surface area contributed by atoms with E-state index in [1.165, 1.54) is 5.56 Å². The molecule has 0 bridgehead atoms. The molecule has 3 nitrogen and oxygen atoms in total. The molecule has 0 N–H and O–H groups in total. The van der Waals surface area contributed by atoms with Gasteiger partial charge in [0.05, 0.1) is 0 Å². The van der Waals surface area contributed by atoms with Gasteiger partial charge in [-0.3, -0.25) is 5.01 Å². The van der Waals surface area contributed by atoms with Crippen LogP contribution in [0.2, 0.25) is 0 Å². The molecule has 0 amide bonds. The first-order chi connectivity index (χ1) is 6.70. The van der Waals surface area contributed by atoms with Gasteiger partial charge in [0.15, 0.2) is 0 Å². The summed E-state index contributed by atoms with van der Waals surface area (Å²) >= 11 is 0. The lowest BCUT2D eigenvalue weighted by molar-refractivity contribution is 0.182. The van der Waals surface area contributed by atoms with Crippen molar-refractivity contribution in [1.82, 2.24) is 9.91 Å². The van der Waals surface area contributed by atoms with Gasteiger partial charge >= 0.3 is 0 Å². The van der Waals surface area contributed by atoms with E-state index < -0.39 is 0 Å². The van der Waals surface area contributed by atoms with Crippen LogP contribution in [-0.4, -0.2) is 29.8 Å². The third kappa shape index (κ3) is 1.35. The Morgan fingerprint density at radius 2 is 1.79 bits per heavy atom. The van der Waals surface area contributed by atoms with Crippen LogP contribution >= 0.6 is 0 Å². The highest BCUT2D eigenvalue weighted by molar-refractivity contribution is 5.80. The SMILES string of the molecule is CC1=NN(C)C(c2ccccc2)N1C. The lowest BCUT2D eigenvalue weighted by Gasteiger charge is -2.26. The molecule has 0 aromatic heterocycles. The fraction of sp³-hybridized carbons (Fsp3) is 0.364. The fourth-order valence-corrected chi connectivity index (χ4v) is 1.85. The number of benzene rings is 1. The highest BCUT2D eigenvalue weighted by atomic mass is 15.6. The summed E-state index contributed by atoms with van der Waals surface area (Å²) in [6.45, 7) is 2.03. The van der Waals surface area contributed by atoms with E-state index in [9.17, 15) is 0 Å². The minimum Gasteiger partial charge on any atom is -0.336 e. The first-order valence-corrected chi connectivity index (χ1v) is 4.76. The van der Waals surface area contributed by atoms with E-state index in [0.29, 0.717) is 0 Å². The van der Waals surface area contributed by atoms with Crippen molar-refractivity contribution in [3.05, 3.63) is 35.9 Å². The van der Waals surface area contributed by atoms with E-state index in [4.69, 9.17) is 0 Å². The summed E-state index contributed by atoms with van der Waals surface area (Å²) in [6, 6.07) is 10.4. The lowest BCUT2D eigenvalue weighted by atomic mass is 10.1. The Morgan fingerprint density at radius 1 is 1.14 bits per heavy atom. The molecule has 14 heavy (non-hydrogen) atoms. The topological polar surface area (TPSA) is 18.8 Å². The fourth-order valence-electron chi connectivity index (χ4n) is 1.85. The predicted molar refractivity (Wildman–Crippen MR) is 57.8 cm³/mol. The van der Waals surface area contributed by atoms with Crippen LogP contribution in [0.1, 0.15) is 18.7 Å². The maximum atomic E-state index is 4.40. The molecular weight excluding hydrogens is 174 g/mol. The van der Waals surface area contributed by atoms with Gasteiger partial charge in [-0.2, -0.15) is 5.10 Å². The Bertz CT molecular complexity index is 345. The standard InChI is InChI=1S/C11H15N3/c1-9-12-14(3)11(13(9)2)10-7-5-4-6-8-10/h4-8,11H,1-3H3. The number of rotatable bonds is 1. The molecule has 0 saturated carbocycles. The molecule has 0 radical (unpaired) electrons. The van der Waals surface area contributed by atoms with E-state index in [1.54, 1.807) is 0 Å². The van der Waals surface area contributed by atoms with Crippen LogP contribution in [0.5, 0.6) is 0 Å². The van der Waals surface area contributed by atoms with Gasteiger partial charge in [0.2, 0.25) is 0 Å². The maximum Gasteiger partial charge on any atom is 0.144 e. The third-order valence-electron chi connectivity index (χ3n) is 2.63. The summed E-state index contributed by atoms with van der Waals surface area (Å²) in [6.07, 6.45) is 0.246. The molecule has 0 aliphatic carbocycles. The first-order valence-electron chi connectivity index (χ1n) is 4.76. The molecule has 1 atom stereocenters. The second-order valence-electron chi connectivity index (χ2n) is 3.62. The van der Waals surface area contributed by atoms with Gasteiger partial charge < -0.3 is 4.90 Å². The van der Waals surface area contributed by atoms with E-state index >= 15 is 0 Å². The van der Waals surface area contributed by atoms with Crippen molar-refractivity contribution in [3.63, 3.8) is 0 Å². The highest BCUT2D eigenvalue weighted by Crippen LogP contribution is 2.27. The second kappa shape index (κ2) is 3.33. The maximum absolute atomic E-state index is 4.40. The van der Waals surface area contributed by atoms with Crippen LogP contribution < -0.4 is 0 Å². The average Bonchev–Trinajstić information content (AvgIpc) is 2.43. The highest BCUT2D eigenvalue weighted by Gasteiger charge is 2.27. The number of hydrogen-bond acceptors (Lipinski definition) is 3. The zero-order chi connectivity index (χ0) is 10.1. The molecule has 2 rings (SSSR count). The summed E-state index contributed by atoms with van der Waals surface area (Å²) in [5.74, 6) is 1.06. The van der Waals surface area contributed by atoms with Gasteiger partial charge in [0.1, 0.15) is 12.0 Å². The van der Waals surface area contributed by atoms with Crippen molar-refractivity contribution < 1.29 is 0 Å². The van der Waals surface area contributed by atoms with Crippen LogP contribution in [-0.2, 0) is 0 Å². The molecule has 1 aromatic rings. The Balaban J connectivity index is 2.30. The summed E-state index contributed by atoms with van der Waals surface area (Å²) in [5.41, 5.74) is 1.28. The van der Waals surface area contributed by atoms with Crippen molar-refractivity contribution in [1.29, 1.82) is 0 Å². The summed E-state index contributed by atoms with van der Waals surface area (Å²) < 4.78 is 0. The van der Waals surface area contributed by atoms with Crippen LogP contribution in [0.3, 0.4) is 0 Å². The summed E-state index contributed by atoms with van der Waals surface area (Å²) in [7, 11) is 4.07. The van der Waals surface area contributed by atoms with Gasteiger partial charge in [0, 0.05) is 14.1 Å². The van der Waals surface area contributed by atoms with Gasteiger partial charge in [-0.05, 0) is 12.5 Å². The third-order valence-corrected chi connectivity index (χ3v) is 2.63. The zero-order valence-electron chi connectivity index (χ0n) is 8.81. The van der Waals surface area contributed by atoms with Crippen LogP contribution in [0.25, 0.3) is 0 Å². The summed E-state index contributed by atoms with van der Waals surface area (Å²) in [5, 5.41) is 6.39. The lowest BCUT2D eigenvalue weighted by Crippen LogP contribution is -2.29. The monoisotopic (exact) mass is 189 g/mol. The summed E-state index contributed by atoms with van der Waals surface area (Å²) in [4.78, 5) is 2.18. The van der Waals surface area contributed by atoms with Gasteiger partial charge in [-0.25, -0.2) is 0 Å². The van der Waals surface area contributed by atoms with Crippen molar-refractivity contribution >= 4 is 5.84 Å². The minimum atomic E-state index is 0.246. The van der Waals surface area contributed by atoms with Crippen molar-refractivity contribution in [2.75, 3.05) is 14.1 Å². The smallest absolute Gasteiger partial charge is 0.144 e. The minimum absolute atomic E-state index is 0.246. The van der Waals surface area contributed by atoms with Gasteiger partial charge in [-0.15, -0.1) is 0 Å². The average molecular weight is 189 g/mol. The molecular formula is C11H15N3. The molecule has 1 unspecified atom stereocenters. The van der Waals surface area contributed by atoms with E-state index in [2.05, 4.69) is 41.3 Å². The molecule has 1 heterocycles. The molecule has 1 aromatic carbocycles. The Hall–Kier alpha value is -1.51. The molecule has 3 heteroatoms. The van der Waals surface area contributed by atoms with Crippen LogP contribution in [0.15, 0.2) is 35.4 Å². The van der Waals surface area contributed by atoms with E-state index in [-0.39, 0.29) is 6.17 Å². The second-order valence-corrected chi connectivity index (χ2v) is 3.62. The molecule has 0 fully saturated rings. The van der Waals surface area contributed by atoms with E-state index in [1.807, 2.05) is 25.0 Å². The number of hydrogen-bond donors (Lipinski definition) is 0. The Morgan fingerprint density at radius 3 is 2.29 bits per heavy atom. The molecule has 0 saturated heterocycles. The van der Waals surface area contributed by atoms with Crippen molar-refractivity contribution in [3.8, 4) is 0 Å². The quantitative estimate of drug-likeness (QED) is 0.672. The number of amidine groups is 1. The molecule has 1 aliphatic heterocycles. The number of nitrogens with zero attached hydrogens (tertiary/aromatic N) is 3. The first kappa shape index (κ1) is 9.06. The number of hydrazone groups is 1. The van der Waals surface area contributed by atoms with E-state index in [0.717, 1.165) is 5.84 Å².